The van der Waals surface area contributed by atoms with E-state index in [1.54, 1.807) is 0 Å². The molecular weight excluding hydrogens is 1040 g/mol. The van der Waals surface area contributed by atoms with E-state index in [2.05, 4.69) is 279 Å². The zero-order valence-corrected chi connectivity index (χ0v) is 50.2. The summed E-state index contributed by atoms with van der Waals surface area (Å²) in [6, 6.07) is 84.0. The Balaban J connectivity index is 0.982. The monoisotopic (exact) mass is 1110 g/mol. The lowest BCUT2D eigenvalue weighted by Crippen LogP contribution is -2.17. The summed E-state index contributed by atoms with van der Waals surface area (Å²) in [4.78, 5) is 5.30. The van der Waals surface area contributed by atoms with Crippen molar-refractivity contribution in [3.05, 3.63) is 252 Å². The van der Waals surface area contributed by atoms with Crippen LogP contribution in [0.25, 0.3) is 98.4 Å². The molecule has 0 fully saturated rings. The van der Waals surface area contributed by atoms with Crippen molar-refractivity contribution in [3.63, 3.8) is 0 Å². The predicted molar refractivity (Wildman–Crippen MR) is 367 cm³/mol. The van der Waals surface area contributed by atoms with Crippen LogP contribution in [-0.2, 0) is 36.5 Å². The van der Waals surface area contributed by atoms with Crippen molar-refractivity contribution < 1.29 is 0 Å². The third-order valence-electron chi connectivity index (χ3n) is 19.8. The highest BCUT2D eigenvalue weighted by Gasteiger charge is 2.33. The lowest BCUT2D eigenvalue weighted by molar-refractivity contribution is 0.591. The van der Waals surface area contributed by atoms with Crippen molar-refractivity contribution in [3.8, 4) is 22.3 Å². The third-order valence-corrected chi connectivity index (χ3v) is 19.8. The molecule has 0 N–H and O–H groups in total. The molecule has 0 saturated heterocycles. The zero-order valence-electron chi connectivity index (χ0n) is 50.2. The molecule has 4 nitrogen and oxygen atoms in total. The van der Waals surface area contributed by atoms with Gasteiger partial charge in [-0.15, -0.1) is 0 Å². The van der Waals surface area contributed by atoms with Crippen LogP contribution in [0.1, 0.15) is 101 Å². The van der Waals surface area contributed by atoms with Gasteiger partial charge < -0.3 is 18.6 Å². The summed E-state index contributed by atoms with van der Waals surface area (Å²) in [6.07, 6.45) is 9.12. The maximum atomic E-state index is 2.65. The van der Waals surface area contributed by atoms with Gasteiger partial charge in [0.2, 0.25) is 0 Å². The number of benzene rings is 11. The van der Waals surface area contributed by atoms with E-state index in [1.165, 1.54) is 192 Å². The van der Waals surface area contributed by atoms with Gasteiger partial charge in [0.1, 0.15) is 0 Å². The van der Waals surface area contributed by atoms with Crippen LogP contribution in [-0.4, -0.2) is 8.80 Å². The van der Waals surface area contributed by atoms with Crippen LogP contribution in [0.2, 0.25) is 0 Å². The molecule has 0 amide bonds. The average molecular weight is 1110 g/mol. The first kappa shape index (κ1) is 51.1. The lowest BCUT2D eigenvalue weighted by atomic mass is 9.85. The Hall–Kier alpha value is -9.38. The summed E-state index contributed by atoms with van der Waals surface area (Å²) in [5.41, 5.74) is 28.4. The number of hydrogen-bond donors (Lipinski definition) is 0. The molecule has 2 aliphatic carbocycles. The SMILES string of the molecule is CC(C)(C)c1ccc2c(c1)c1c(N(c3ccccc3)c3c(-c4ccccc4)ccc4c3CCCC4)ccc3c4cc5c(cc4n2c31)c1ccc(N(c2ccccc2)c2c(-c3ccccc3)ccc3c2CCCC3)c2c3cc(C(C)(C)C)ccc3n5c12. The van der Waals surface area contributed by atoms with Crippen LogP contribution < -0.4 is 9.80 Å². The van der Waals surface area contributed by atoms with Crippen LogP contribution in [0, 0.1) is 0 Å². The number of para-hydroxylation sites is 2. The Kier molecular flexibility index (Phi) is 11.3. The molecule has 2 aliphatic rings. The molecule has 418 valence electrons. The molecular formula is C82H70N4. The summed E-state index contributed by atoms with van der Waals surface area (Å²) >= 11 is 0. The van der Waals surface area contributed by atoms with E-state index < -0.39 is 0 Å². The lowest BCUT2D eigenvalue weighted by Gasteiger charge is -2.33. The molecule has 4 heteroatoms. The molecule has 15 aromatic rings. The number of rotatable bonds is 8. The number of nitrogens with zero attached hydrogens (tertiary/aromatic N) is 4. The minimum atomic E-state index is -0.0537. The summed E-state index contributed by atoms with van der Waals surface area (Å²) < 4.78 is 5.28. The molecule has 4 heterocycles. The fourth-order valence-electron chi connectivity index (χ4n) is 15.6. The molecule has 11 aromatic carbocycles. The molecule has 0 radical (unpaired) electrons. The van der Waals surface area contributed by atoms with Gasteiger partial charge in [-0.3, -0.25) is 0 Å². The Morgan fingerprint density at radius 3 is 1.10 bits per heavy atom. The maximum absolute atomic E-state index is 2.65. The summed E-state index contributed by atoms with van der Waals surface area (Å²) in [7, 11) is 0. The Morgan fingerprint density at radius 2 is 0.709 bits per heavy atom. The van der Waals surface area contributed by atoms with Crippen molar-refractivity contribution in [1.29, 1.82) is 0 Å². The fraction of sp³-hybridized carbons (Fsp3) is 0.195. The van der Waals surface area contributed by atoms with E-state index in [0.717, 1.165) is 25.7 Å². The number of aryl methyl sites for hydroxylation is 2. The first-order valence-corrected chi connectivity index (χ1v) is 31.5. The van der Waals surface area contributed by atoms with Crippen molar-refractivity contribution in [2.45, 2.75) is 104 Å². The minimum Gasteiger partial charge on any atom is -0.309 e. The molecule has 0 bridgehead atoms. The Morgan fingerprint density at radius 1 is 0.326 bits per heavy atom. The van der Waals surface area contributed by atoms with Gasteiger partial charge in [-0.05, 0) is 180 Å². The van der Waals surface area contributed by atoms with Gasteiger partial charge in [0.15, 0.2) is 0 Å². The number of hydrogen-bond acceptors (Lipinski definition) is 2. The van der Waals surface area contributed by atoms with Crippen LogP contribution in [0.3, 0.4) is 0 Å². The second kappa shape index (κ2) is 19.1. The molecule has 86 heavy (non-hydrogen) atoms. The predicted octanol–water partition coefficient (Wildman–Crippen LogP) is 22.6. The van der Waals surface area contributed by atoms with Gasteiger partial charge >= 0.3 is 0 Å². The Labute approximate surface area is 503 Å². The fourth-order valence-corrected chi connectivity index (χ4v) is 15.6. The third kappa shape index (κ3) is 7.60. The van der Waals surface area contributed by atoms with Gasteiger partial charge in [-0.2, -0.15) is 0 Å². The first-order chi connectivity index (χ1) is 42.0. The van der Waals surface area contributed by atoms with Crippen LogP contribution in [0.4, 0.5) is 34.1 Å². The van der Waals surface area contributed by atoms with Crippen molar-refractivity contribution in [2.75, 3.05) is 9.80 Å². The van der Waals surface area contributed by atoms with Crippen molar-refractivity contribution in [1.82, 2.24) is 8.80 Å². The molecule has 0 aliphatic heterocycles. The minimum absolute atomic E-state index is 0.0537. The summed E-state index contributed by atoms with van der Waals surface area (Å²) in [5.74, 6) is 0. The number of anilines is 6. The highest BCUT2D eigenvalue weighted by Crippen LogP contribution is 2.55. The van der Waals surface area contributed by atoms with E-state index in [0.29, 0.717) is 0 Å². The second-order valence-corrected chi connectivity index (χ2v) is 26.9. The summed E-state index contributed by atoms with van der Waals surface area (Å²) in [6.45, 7) is 14.1. The Bertz CT molecular complexity index is 4840. The largest absolute Gasteiger partial charge is 0.309 e. The normalized spacial score (nSPS) is 14.0. The van der Waals surface area contributed by atoms with Crippen LogP contribution in [0.15, 0.2) is 218 Å². The quantitative estimate of drug-likeness (QED) is 0.151. The standard InChI is InChI=1S/C82H70N4/c1-81(2,3)55-37-43-69-67(47-55)75-71(83(57-29-15-9-16-30-57)77-59-33-21-19-27-53(59)35-39-61(77)51-23-11-7-12-24-51)45-41-63-65-50-74-66(49-73(65)85(69)79(63)75)64-42-46-72(76-68-48-56(82(4,5)6)38-44-70(68)86(74)80(64)76)84(58-31-17-10-18-32-58)78-60-34-22-20-28-54(60)36-40-62(78)52-25-13-8-14-26-52/h7-18,23-26,29-32,35-50H,19-22,27-28,33-34H2,1-6H3. The van der Waals surface area contributed by atoms with Crippen molar-refractivity contribution >= 4 is 110 Å². The van der Waals surface area contributed by atoms with E-state index in [4.69, 9.17) is 0 Å². The molecule has 0 saturated carbocycles. The van der Waals surface area contributed by atoms with E-state index in [9.17, 15) is 0 Å². The average Bonchev–Trinajstić information content (AvgIpc) is 1.53. The van der Waals surface area contributed by atoms with E-state index in [-0.39, 0.29) is 10.8 Å². The first-order valence-electron chi connectivity index (χ1n) is 31.5. The van der Waals surface area contributed by atoms with E-state index in [1.807, 2.05) is 0 Å². The molecule has 17 rings (SSSR count). The van der Waals surface area contributed by atoms with Gasteiger partial charge in [0.25, 0.3) is 0 Å². The molecule has 0 spiro atoms. The highest BCUT2D eigenvalue weighted by molar-refractivity contribution is 6.32. The zero-order chi connectivity index (χ0) is 57.7. The van der Waals surface area contributed by atoms with Crippen LogP contribution >= 0.6 is 0 Å². The van der Waals surface area contributed by atoms with Crippen LogP contribution in [0.5, 0.6) is 0 Å². The molecule has 0 unspecified atom stereocenters. The van der Waals surface area contributed by atoms with Gasteiger partial charge in [-0.1, -0.05) is 187 Å². The topological polar surface area (TPSA) is 15.3 Å². The summed E-state index contributed by atoms with van der Waals surface area (Å²) in [5, 5.41) is 10.3. The van der Waals surface area contributed by atoms with Crippen molar-refractivity contribution in [2.24, 2.45) is 0 Å². The highest BCUT2D eigenvalue weighted by atomic mass is 15.2. The van der Waals surface area contributed by atoms with E-state index >= 15 is 0 Å². The van der Waals surface area contributed by atoms with Gasteiger partial charge in [0.05, 0.1) is 55.8 Å². The maximum Gasteiger partial charge on any atom is 0.0641 e. The smallest absolute Gasteiger partial charge is 0.0641 e. The van der Waals surface area contributed by atoms with Gasteiger partial charge in [0, 0.05) is 65.6 Å². The molecule has 4 aromatic heterocycles. The van der Waals surface area contributed by atoms with Gasteiger partial charge in [-0.25, -0.2) is 0 Å². The molecule has 0 atom stereocenters. The number of fused-ring (bicyclic) bond motifs is 14. The second-order valence-electron chi connectivity index (χ2n) is 26.9. The number of aromatic nitrogens is 2.